The summed E-state index contributed by atoms with van der Waals surface area (Å²) in [5, 5.41) is 9.66. The van der Waals surface area contributed by atoms with Crippen LogP contribution in [0.25, 0.3) is 0 Å². The Morgan fingerprint density at radius 3 is 2.64 bits per heavy atom. The first kappa shape index (κ1) is 16.1. The number of carboxylic acids is 1. The summed E-state index contributed by atoms with van der Waals surface area (Å²) in [4.78, 5) is 26.8. The summed E-state index contributed by atoms with van der Waals surface area (Å²) in [6, 6.07) is 7.44. The minimum Gasteiger partial charge on any atom is -0.481 e. The minimum absolute atomic E-state index is 0.172. The van der Waals surface area contributed by atoms with Crippen molar-refractivity contribution in [2.24, 2.45) is 11.8 Å². The largest absolute Gasteiger partial charge is 0.481 e. The summed E-state index contributed by atoms with van der Waals surface area (Å²) in [6.45, 7) is 7.91. The SMILES string of the molecule is C=C(C)C[C@@H]1N(c2ccc(C)cc2)C(=O)[C@H]2[C@@H](C(=O)O)[C@@H]3C=C[C@]12O3. The van der Waals surface area contributed by atoms with E-state index in [2.05, 4.69) is 6.58 Å². The van der Waals surface area contributed by atoms with Gasteiger partial charge in [0.1, 0.15) is 11.5 Å². The standard InChI is InChI=1S/C20H21NO4/c1-11(2)10-15-20-9-8-14(25-20)16(19(23)24)17(20)18(22)21(15)13-6-4-12(3)5-7-13/h4-9,14-17H,1,10H2,2-3H3,(H,23,24)/t14-,15-,16-,17+,20-/m0/s1. The van der Waals surface area contributed by atoms with Gasteiger partial charge < -0.3 is 14.7 Å². The van der Waals surface area contributed by atoms with E-state index in [1.165, 1.54) is 0 Å². The monoisotopic (exact) mass is 339 g/mol. The number of fused-ring (bicyclic) bond motifs is 1. The molecule has 3 aliphatic heterocycles. The molecule has 0 aliphatic carbocycles. The molecule has 2 fully saturated rings. The lowest BCUT2D eigenvalue weighted by molar-refractivity contribution is -0.146. The summed E-state index contributed by atoms with van der Waals surface area (Å²) < 4.78 is 6.12. The second-order valence-corrected chi connectivity index (χ2v) is 7.36. The average Bonchev–Trinajstić information content (AvgIpc) is 3.18. The van der Waals surface area contributed by atoms with Crippen molar-refractivity contribution < 1.29 is 19.4 Å². The Morgan fingerprint density at radius 2 is 2.04 bits per heavy atom. The first-order valence-electron chi connectivity index (χ1n) is 8.49. The van der Waals surface area contributed by atoms with E-state index in [1.807, 2.05) is 44.2 Å². The molecule has 1 aromatic rings. The fraction of sp³-hybridized carbons (Fsp3) is 0.400. The second kappa shape index (κ2) is 5.30. The van der Waals surface area contributed by atoms with Crippen LogP contribution in [-0.4, -0.2) is 34.7 Å². The summed E-state index contributed by atoms with van der Waals surface area (Å²) in [7, 11) is 0. The molecule has 3 heterocycles. The number of hydrogen-bond acceptors (Lipinski definition) is 3. The molecule has 5 nitrogen and oxygen atoms in total. The highest BCUT2D eigenvalue weighted by atomic mass is 16.5. The van der Waals surface area contributed by atoms with Crippen molar-refractivity contribution in [3.63, 3.8) is 0 Å². The van der Waals surface area contributed by atoms with Crippen molar-refractivity contribution in [3.8, 4) is 0 Å². The number of aliphatic carboxylic acids is 1. The molecule has 0 saturated carbocycles. The molecule has 1 aromatic carbocycles. The van der Waals surface area contributed by atoms with Crippen molar-refractivity contribution in [3.05, 3.63) is 54.1 Å². The number of carbonyl (C=O) groups is 2. The number of rotatable bonds is 4. The molecule has 5 heteroatoms. The Labute approximate surface area is 146 Å². The van der Waals surface area contributed by atoms with Gasteiger partial charge in [0.05, 0.1) is 18.1 Å². The third kappa shape index (κ3) is 2.12. The summed E-state index contributed by atoms with van der Waals surface area (Å²) in [5.41, 5.74) is 1.93. The average molecular weight is 339 g/mol. The molecule has 0 unspecified atom stereocenters. The fourth-order valence-electron chi connectivity index (χ4n) is 4.53. The number of amides is 1. The number of hydrogen-bond donors (Lipinski definition) is 1. The summed E-state index contributed by atoms with van der Waals surface area (Å²) in [6.07, 6.45) is 3.74. The quantitative estimate of drug-likeness (QED) is 0.857. The lowest BCUT2D eigenvalue weighted by atomic mass is 9.74. The lowest BCUT2D eigenvalue weighted by Gasteiger charge is -2.33. The zero-order chi connectivity index (χ0) is 17.9. The van der Waals surface area contributed by atoms with Gasteiger partial charge in [0.15, 0.2) is 0 Å². The minimum atomic E-state index is -0.977. The van der Waals surface area contributed by atoms with Crippen LogP contribution in [0, 0.1) is 18.8 Å². The first-order chi connectivity index (χ1) is 11.8. The lowest BCUT2D eigenvalue weighted by Crippen LogP contribution is -2.45. The maximum atomic E-state index is 13.3. The molecule has 25 heavy (non-hydrogen) atoms. The number of benzene rings is 1. The maximum absolute atomic E-state index is 13.3. The van der Waals surface area contributed by atoms with Crippen molar-refractivity contribution in [2.45, 2.75) is 38.0 Å². The summed E-state index contributed by atoms with van der Waals surface area (Å²) in [5.74, 6) is -2.67. The number of carbonyl (C=O) groups excluding carboxylic acids is 1. The molecule has 0 radical (unpaired) electrons. The van der Waals surface area contributed by atoms with Crippen LogP contribution in [0.4, 0.5) is 5.69 Å². The number of ether oxygens (including phenoxy) is 1. The van der Waals surface area contributed by atoms with Crippen LogP contribution in [0.5, 0.6) is 0 Å². The highest BCUT2D eigenvalue weighted by Crippen LogP contribution is 2.56. The van der Waals surface area contributed by atoms with Gasteiger partial charge in [0.2, 0.25) is 5.91 Å². The Hall–Kier alpha value is -2.40. The van der Waals surface area contributed by atoms with E-state index >= 15 is 0 Å². The number of carboxylic acid groups (broad SMARTS) is 1. The molecule has 2 bridgehead atoms. The van der Waals surface area contributed by atoms with Crippen molar-refractivity contribution in [2.75, 3.05) is 4.90 Å². The highest BCUT2D eigenvalue weighted by Gasteiger charge is 2.71. The molecule has 2 saturated heterocycles. The van der Waals surface area contributed by atoms with Crippen molar-refractivity contribution in [1.82, 2.24) is 0 Å². The molecule has 3 aliphatic rings. The zero-order valence-corrected chi connectivity index (χ0v) is 14.3. The number of aryl methyl sites for hydroxylation is 1. The van der Waals surface area contributed by atoms with Gasteiger partial charge >= 0.3 is 5.97 Å². The normalized spacial score (nSPS) is 35.3. The van der Waals surface area contributed by atoms with Gasteiger partial charge in [-0.15, -0.1) is 6.58 Å². The first-order valence-corrected chi connectivity index (χ1v) is 8.49. The van der Waals surface area contributed by atoms with Gasteiger partial charge in [-0.3, -0.25) is 9.59 Å². The van der Waals surface area contributed by atoms with Crippen LogP contribution < -0.4 is 4.90 Å². The van der Waals surface area contributed by atoms with Gasteiger partial charge in [-0.25, -0.2) is 0 Å². The number of nitrogens with zero attached hydrogens (tertiary/aromatic N) is 1. The van der Waals surface area contributed by atoms with Crippen LogP contribution in [-0.2, 0) is 14.3 Å². The summed E-state index contributed by atoms with van der Waals surface area (Å²) >= 11 is 0. The molecule has 1 N–H and O–H groups in total. The highest BCUT2D eigenvalue weighted by molar-refractivity contribution is 6.03. The Bertz CT molecular complexity index is 796. The third-order valence-electron chi connectivity index (χ3n) is 5.56. The van der Waals surface area contributed by atoms with Crippen LogP contribution in [0.1, 0.15) is 18.9 Å². The van der Waals surface area contributed by atoms with E-state index in [9.17, 15) is 14.7 Å². The van der Waals surface area contributed by atoms with Gasteiger partial charge in [-0.2, -0.15) is 0 Å². The van der Waals surface area contributed by atoms with E-state index < -0.39 is 29.5 Å². The van der Waals surface area contributed by atoms with Crippen LogP contribution >= 0.6 is 0 Å². The zero-order valence-electron chi connectivity index (χ0n) is 14.3. The van der Waals surface area contributed by atoms with E-state index in [0.29, 0.717) is 6.42 Å². The van der Waals surface area contributed by atoms with E-state index in [1.54, 1.807) is 11.0 Å². The molecular weight excluding hydrogens is 318 g/mol. The molecule has 130 valence electrons. The third-order valence-corrected chi connectivity index (χ3v) is 5.56. The molecule has 1 spiro atoms. The van der Waals surface area contributed by atoms with Gasteiger partial charge in [-0.1, -0.05) is 35.4 Å². The molecule has 1 amide bonds. The smallest absolute Gasteiger partial charge is 0.310 e. The molecular formula is C20H21NO4. The van der Waals surface area contributed by atoms with Crippen molar-refractivity contribution >= 4 is 17.6 Å². The molecule has 4 rings (SSSR count). The van der Waals surface area contributed by atoms with E-state index in [0.717, 1.165) is 16.8 Å². The van der Waals surface area contributed by atoms with Crippen molar-refractivity contribution in [1.29, 1.82) is 0 Å². The van der Waals surface area contributed by atoms with Gasteiger partial charge in [0, 0.05) is 5.69 Å². The van der Waals surface area contributed by atoms with Gasteiger partial charge in [-0.05, 0) is 32.4 Å². The van der Waals surface area contributed by atoms with E-state index in [-0.39, 0.29) is 11.9 Å². The predicted molar refractivity (Wildman–Crippen MR) is 93.2 cm³/mol. The van der Waals surface area contributed by atoms with Crippen LogP contribution in [0.15, 0.2) is 48.6 Å². The maximum Gasteiger partial charge on any atom is 0.310 e. The number of anilines is 1. The topological polar surface area (TPSA) is 66.8 Å². The van der Waals surface area contributed by atoms with Crippen LogP contribution in [0.2, 0.25) is 0 Å². The Balaban J connectivity index is 1.84. The molecule has 5 atom stereocenters. The molecule has 0 aromatic heterocycles. The fourth-order valence-corrected chi connectivity index (χ4v) is 4.53. The van der Waals surface area contributed by atoms with Crippen LogP contribution in [0.3, 0.4) is 0 Å². The van der Waals surface area contributed by atoms with E-state index in [4.69, 9.17) is 4.74 Å². The second-order valence-electron chi connectivity index (χ2n) is 7.36. The predicted octanol–water partition coefficient (Wildman–Crippen LogP) is 2.70. The Morgan fingerprint density at radius 1 is 1.36 bits per heavy atom. The Kier molecular flexibility index (Phi) is 3.41. The van der Waals surface area contributed by atoms with Gasteiger partial charge in [0.25, 0.3) is 0 Å².